The first-order valence-corrected chi connectivity index (χ1v) is 7.23. The fourth-order valence-corrected chi connectivity index (χ4v) is 2.81. The molecule has 2 atom stereocenters. The fourth-order valence-electron chi connectivity index (χ4n) is 2.81. The van der Waals surface area contributed by atoms with Crippen LogP contribution in [0.4, 0.5) is 0 Å². The Morgan fingerprint density at radius 3 is 2.81 bits per heavy atom. The Morgan fingerprint density at radius 2 is 2.19 bits per heavy atom. The molecule has 1 saturated carbocycles. The lowest BCUT2D eigenvalue weighted by atomic mass is 10.0. The van der Waals surface area contributed by atoms with Crippen molar-refractivity contribution < 1.29 is 4.74 Å². The Balaban J connectivity index is 1.56. The molecule has 2 heteroatoms. The van der Waals surface area contributed by atoms with E-state index in [1.165, 1.54) is 51.4 Å². The van der Waals surface area contributed by atoms with Crippen molar-refractivity contribution in [3.05, 3.63) is 0 Å². The van der Waals surface area contributed by atoms with Gasteiger partial charge in [-0.05, 0) is 51.0 Å². The number of hydrogen-bond acceptors (Lipinski definition) is 2. The van der Waals surface area contributed by atoms with Gasteiger partial charge in [0.2, 0.25) is 0 Å². The lowest BCUT2D eigenvalue weighted by molar-refractivity contribution is 0.101. The zero-order valence-electron chi connectivity index (χ0n) is 10.7. The van der Waals surface area contributed by atoms with E-state index in [4.69, 9.17) is 4.74 Å². The van der Waals surface area contributed by atoms with Crippen molar-refractivity contribution in [2.75, 3.05) is 13.2 Å². The lowest BCUT2D eigenvalue weighted by Crippen LogP contribution is -2.29. The highest BCUT2D eigenvalue weighted by Gasteiger charge is 2.25. The molecule has 2 rings (SSSR count). The fraction of sp³-hybridized carbons (Fsp3) is 1.00. The van der Waals surface area contributed by atoms with Gasteiger partial charge in [-0.25, -0.2) is 0 Å². The van der Waals surface area contributed by atoms with E-state index in [9.17, 15) is 0 Å². The van der Waals surface area contributed by atoms with Crippen LogP contribution in [0.3, 0.4) is 0 Å². The second-order valence-corrected chi connectivity index (χ2v) is 5.50. The molecule has 94 valence electrons. The number of hydrogen-bond donors (Lipinski definition) is 1. The van der Waals surface area contributed by atoms with Crippen LogP contribution in [-0.2, 0) is 4.74 Å². The van der Waals surface area contributed by atoms with Gasteiger partial charge in [0.05, 0.1) is 6.10 Å². The maximum Gasteiger partial charge on any atom is 0.0576 e. The highest BCUT2D eigenvalue weighted by Crippen LogP contribution is 2.34. The largest absolute Gasteiger partial charge is 0.378 e. The van der Waals surface area contributed by atoms with Crippen molar-refractivity contribution in [3.8, 4) is 0 Å². The smallest absolute Gasteiger partial charge is 0.0576 e. The predicted molar refractivity (Wildman–Crippen MR) is 67.6 cm³/mol. The molecule has 0 radical (unpaired) electrons. The molecular weight excluding hydrogens is 198 g/mol. The first kappa shape index (κ1) is 12.4. The van der Waals surface area contributed by atoms with Gasteiger partial charge in [0, 0.05) is 12.6 Å². The maximum absolute atomic E-state index is 5.67. The summed E-state index contributed by atoms with van der Waals surface area (Å²) in [6.45, 7) is 4.35. The second-order valence-electron chi connectivity index (χ2n) is 5.50. The molecule has 2 aliphatic rings. The molecule has 1 aliphatic heterocycles. The average molecular weight is 225 g/mol. The molecule has 0 aromatic rings. The van der Waals surface area contributed by atoms with Gasteiger partial charge in [-0.3, -0.25) is 0 Å². The summed E-state index contributed by atoms with van der Waals surface area (Å²) in [5.41, 5.74) is 0. The third-order valence-corrected chi connectivity index (χ3v) is 3.91. The maximum atomic E-state index is 5.67. The highest BCUT2D eigenvalue weighted by molar-refractivity contribution is 4.80. The van der Waals surface area contributed by atoms with Crippen molar-refractivity contribution in [2.24, 2.45) is 5.92 Å². The van der Waals surface area contributed by atoms with Gasteiger partial charge in [0.15, 0.2) is 0 Å². The number of nitrogens with one attached hydrogen (secondary N) is 1. The molecule has 1 saturated heterocycles. The Bertz CT molecular complexity index is 185. The average Bonchev–Trinajstić information content (AvgIpc) is 2.93. The molecule has 1 aliphatic carbocycles. The summed E-state index contributed by atoms with van der Waals surface area (Å²) in [5, 5.41) is 3.64. The van der Waals surface area contributed by atoms with Crippen LogP contribution >= 0.6 is 0 Å². The summed E-state index contributed by atoms with van der Waals surface area (Å²) >= 11 is 0. The summed E-state index contributed by atoms with van der Waals surface area (Å²) in [4.78, 5) is 0. The van der Waals surface area contributed by atoms with Crippen LogP contribution < -0.4 is 5.32 Å². The van der Waals surface area contributed by atoms with E-state index >= 15 is 0 Å². The Morgan fingerprint density at radius 1 is 1.31 bits per heavy atom. The molecule has 0 bridgehead atoms. The lowest BCUT2D eigenvalue weighted by Gasteiger charge is -2.18. The van der Waals surface area contributed by atoms with E-state index in [1.807, 2.05) is 0 Å². The molecule has 0 amide bonds. The zero-order valence-corrected chi connectivity index (χ0v) is 10.7. The molecule has 1 N–H and O–H groups in total. The van der Waals surface area contributed by atoms with Crippen molar-refractivity contribution in [1.82, 2.24) is 5.32 Å². The Labute approximate surface area is 100 Å². The number of ether oxygens (including phenoxy) is 1. The van der Waals surface area contributed by atoms with Crippen molar-refractivity contribution >= 4 is 0 Å². The van der Waals surface area contributed by atoms with E-state index in [2.05, 4.69) is 12.2 Å². The molecule has 2 nitrogen and oxygen atoms in total. The quantitative estimate of drug-likeness (QED) is 0.685. The van der Waals surface area contributed by atoms with Crippen molar-refractivity contribution in [3.63, 3.8) is 0 Å². The minimum atomic E-state index is 0.586. The molecule has 0 spiro atoms. The minimum absolute atomic E-state index is 0.586. The molecule has 2 fully saturated rings. The van der Waals surface area contributed by atoms with Crippen LogP contribution in [0.25, 0.3) is 0 Å². The van der Waals surface area contributed by atoms with E-state index < -0.39 is 0 Å². The molecule has 0 aromatic heterocycles. The SMILES string of the molecule is CCNC(CCCC1CCCO1)CC1CC1. The van der Waals surface area contributed by atoms with Crippen LogP contribution in [-0.4, -0.2) is 25.3 Å². The first-order valence-electron chi connectivity index (χ1n) is 7.23. The van der Waals surface area contributed by atoms with Crippen LogP contribution in [0.1, 0.15) is 58.3 Å². The summed E-state index contributed by atoms with van der Waals surface area (Å²) in [5.74, 6) is 1.05. The van der Waals surface area contributed by atoms with E-state index in [0.29, 0.717) is 6.10 Å². The van der Waals surface area contributed by atoms with Gasteiger partial charge in [-0.15, -0.1) is 0 Å². The normalized spacial score (nSPS) is 27.2. The zero-order chi connectivity index (χ0) is 11.2. The third-order valence-electron chi connectivity index (χ3n) is 3.91. The second kappa shape index (κ2) is 6.61. The summed E-state index contributed by atoms with van der Waals surface area (Å²) in [7, 11) is 0. The predicted octanol–water partition coefficient (Wildman–Crippen LogP) is 3.11. The standard InChI is InChI=1S/C14H27NO/c1-2-15-13(11-12-8-9-12)5-3-6-14-7-4-10-16-14/h12-15H,2-11H2,1H3. The minimum Gasteiger partial charge on any atom is -0.378 e. The van der Waals surface area contributed by atoms with Gasteiger partial charge in [-0.2, -0.15) is 0 Å². The van der Waals surface area contributed by atoms with Crippen molar-refractivity contribution in [2.45, 2.75) is 70.4 Å². The monoisotopic (exact) mass is 225 g/mol. The van der Waals surface area contributed by atoms with Crippen LogP contribution in [0.2, 0.25) is 0 Å². The van der Waals surface area contributed by atoms with E-state index in [-0.39, 0.29) is 0 Å². The van der Waals surface area contributed by atoms with Gasteiger partial charge in [0.1, 0.15) is 0 Å². The molecule has 16 heavy (non-hydrogen) atoms. The van der Waals surface area contributed by atoms with E-state index in [1.54, 1.807) is 0 Å². The summed E-state index contributed by atoms with van der Waals surface area (Å²) in [6.07, 6.45) is 11.5. The molecular formula is C14H27NO. The topological polar surface area (TPSA) is 21.3 Å². The third kappa shape index (κ3) is 4.42. The Kier molecular flexibility index (Phi) is 5.11. The molecule has 2 unspecified atom stereocenters. The van der Waals surface area contributed by atoms with Gasteiger partial charge >= 0.3 is 0 Å². The van der Waals surface area contributed by atoms with E-state index in [0.717, 1.165) is 25.1 Å². The van der Waals surface area contributed by atoms with Gasteiger partial charge < -0.3 is 10.1 Å². The molecule has 1 heterocycles. The van der Waals surface area contributed by atoms with Gasteiger partial charge in [-0.1, -0.05) is 19.8 Å². The summed E-state index contributed by atoms with van der Waals surface area (Å²) < 4.78 is 5.67. The van der Waals surface area contributed by atoms with Crippen LogP contribution in [0.5, 0.6) is 0 Å². The van der Waals surface area contributed by atoms with Gasteiger partial charge in [0.25, 0.3) is 0 Å². The molecule has 0 aromatic carbocycles. The van der Waals surface area contributed by atoms with Crippen LogP contribution in [0.15, 0.2) is 0 Å². The van der Waals surface area contributed by atoms with Crippen LogP contribution in [0, 0.1) is 5.92 Å². The first-order chi connectivity index (χ1) is 7.88. The van der Waals surface area contributed by atoms with Crippen molar-refractivity contribution in [1.29, 1.82) is 0 Å². The number of rotatable bonds is 8. The summed E-state index contributed by atoms with van der Waals surface area (Å²) in [6, 6.07) is 0.777. The Hall–Kier alpha value is -0.0800. The highest BCUT2D eigenvalue weighted by atomic mass is 16.5.